The number of rotatable bonds is 4. The maximum Gasteiger partial charge on any atom is 0.227 e. The molecule has 3 nitrogen and oxygen atoms in total. The molecule has 0 fully saturated rings. The number of hydrogen-bond donors (Lipinski definition) is 0. The SMILES string of the molecule is CCc1nc(Cl)c(C)c(Oc2ccc(Br)cc2C(C)C)n1. The van der Waals surface area contributed by atoms with Crippen LogP contribution < -0.4 is 4.74 Å². The molecule has 1 heterocycles. The van der Waals surface area contributed by atoms with Gasteiger partial charge in [0, 0.05) is 16.5 Å². The standard InChI is InChI=1S/C16H18BrClN2O/c1-5-14-19-15(18)10(4)16(20-14)21-13-7-6-11(17)8-12(13)9(2)3/h6-9H,5H2,1-4H3. The Hall–Kier alpha value is -1.13. The Kier molecular flexibility index (Phi) is 5.22. The molecule has 0 bridgehead atoms. The summed E-state index contributed by atoms with van der Waals surface area (Å²) in [6, 6.07) is 5.97. The monoisotopic (exact) mass is 368 g/mol. The second-order valence-electron chi connectivity index (χ2n) is 5.15. The molecular weight excluding hydrogens is 352 g/mol. The molecule has 5 heteroatoms. The van der Waals surface area contributed by atoms with E-state index in [-0.39, 0.29) is 0 Å². The fraction of sp³-hybridized carbons (Fsp3) is 0.375. The number of benzene rings is 1. The molecule has 0 unspecified atom stereocenters. The van der Waals surface area contributed by atoms with Gasteiger partial charge in [-0.25, -0.2) is 4.98 Å². The van der Waals surface area contributed by atoms with Gasteiger partial charge in [-0.1, -0.05) is 48.3 Å². The molecule has 0 aliphatic heterocycles. The van der Waals surface area contributed by atoms with Gasteiger partial charge in [-0.05, 0) is 36.6 Å². The summed E-state index contributed by atoms with van der Waals surface area (Å²) < 4.78 is 7.06. The third-order valence-corrected chi connectivity index (χ3v) is 4.07. The number of halogens is 2. The topological polar surface area (TPSA) is 35.0 Å². The van der Waals surface area contributed by atoms with Crippen molar-refractivity contribution in [3.05, 3.63) is 44.8 Å². The average Bonchev–Trinajstić information content (AvgIpc) is 2.45. The van der Waals surface area contributed by atoms with Crippen LogP contribution in [0.15, 0.2) is 22.7 Å². The molecule has 0 atom stereocenters. The average molecular weight is 370 g/mol. The minimum Gasteiger partial charge on any atom is -0.438 e. The van der Waals surface area contributed by atoms with Gasteiger partial charge >= 0.3 is 0 Å². The minimum absolute atomic E-state index is 0.348. The van der Waals surface area contributed by atoms with E-state index in [2.05, 4.69) is 45.8 Å². The lowest BCUT2D eigenvalue weighted by atomic mass is 10.0. The molecule has 112 valence electrons. The zero-order valence-electron chi connectivity index (χ0n) is 12.6. The number of aromatic nitrogens is 2. The summed E-state index contributed by atoms with van der Waals surface area (Å²) in [6.45, 7) is 8.12. The lowest BCUT2D eigenvalue weighted by Crippen LogP contribution is -2.02. The third kappa shape index (κ3) is 3.74. The van der Waals surface area contributed by atoms with E-state index in [0.29, 0.717) is 29.2 Å². The Morgan fingerprint density at radius 1 is 1.29 bits per heavy atom. The second-order valence-corrected chi connectivity index (χ2v) is 6.43. The molecule has 0 N–H and O–H groups in total. The first kappa shape index (κ1) is 16.2. The molecule has 21 heavy (non-hydrogen) atoms. The van der Waals surface area contributed by atoms with Gasteiger partial charge in [-0.3, -0.25) is 0 Å². The van der Waals surface area contributed by atoms with Crippen LogP contribution in [0.2, 0.25) is 5.15 Å². The van der Waals surface area contributed by atoms with Crippen LogP contribution in [0.1, 0.15) is 43.6 Å². The minimum atomic E-state index is 0.348. The largest absolute Gasteiger partial charge is 0.438 e. The zero-order chi connectivity index (χ0) is 15.6. The Morgan fingerprint density at radius 2 is 2.00 bits per heavy atom. The number of nitrogens with zero attached hydrogens (tertiary/aromatic N) is 2. The molecule has 0 radical (unpaired) electrons. The number of ether oxygens (including phenoxy) is 1. The van der Waals surface area contributed by atoms with Crippen LogP contribution >= 0.6 is 27.5 Å². The van der Waals surface area contributed by atoms with Crippen LogP contribution in [0.25, 0.3) is 0 Å². The molecule has 2 rings (SSSR count). The van der Waals surface area contributed by atoms with E-state index in [9.17, 15) is 0 Å². The van der Waals surface area contributed by atoms with E-state index < -0.39 is 0 Å². The van der Waals surface area contributed by atoms with Crippen molar-refractivity contribution in [1.29, 1.82) is 0 Å². The van der Waals surface area contributed by atoms with E-state index in [1.165, 1.54) is 0 Å². The van der Waals surface area contributed by atoms with Crippen LogP contribution in [0, 0.1) is 6.92 Å². The maximum absolute atomic E-state index is 6.15. The smallest absolute Gasteiger partial charge is 0.227 e. The summed E-state index contributed by atoms with van der Waals surface area (Å²) in [5, 5.41) is 0.444. The first-order chi connectivity index (χ1) is 9.92. The molecular formula is C16H18BrClN2O. The highest BCUT2D eigenvalue weighted by Crippen LogP contribution is 2.34. The molecule has 1 aromatic carbocycles. The van der Waals surface area contributed by atoms with E-state index in [0.717, 1.165) is 21.3 Å². The van der Waals surface area contributed by atoms with Crippen LogP contribution in [0.5, 0.6) is 11.6 Å². The second kappa shape index (κ2) is 6.75. The molecule has 0 spiro atoms. The first-order valence-electron chi connectivity index (χ1n) is 6.92. The van der Waals surface area contributed by atoms with Crippen molar-refractivity contribution in [1.82, 2.24) is 9.97 Å². The van der Waals surface area contributed by atoms with Crippen molar-refractivity contribution < 1.29 is 4.74 Å². The Bertz CT molecular complexity index is 659. The molecule has 0 aliphatic carbocycles. The van der Waals surface area contributed by atoms with Gasteiger partial charge in [0.2, 0.25) is 5.88 Å². The summed E-state index contributed by atoms with van der Waals surface area (Å²) in [5.41, 5.74) is 1.88. The van der Waals surface area contributed by atoms with Gasteiger partial charge in [0.25, 0.3) is 0 Å². The van der Waals surface area contributed by atoms with E-state index in [1.807, 2.05) is 26.0 Å². The summed E-state index contributed by atoms with van der Waals surface area (Å²) >= 11 is 9.65. The maximum atomic E-state index is 6.15. The van der Waals surface area contributed by atoms with Crippen LogP contribution in [-0.4, -0.2) is 9.97 Å². The predicted octanol–water partition coefficient (Wildman–Crippen LogP) is 5.68. The van der Waals surface area contributed by atoms with Crippen LogP contribution in [0.3, 0.4) is 0 Å². The molecule has 0 saturated carbocycles. The molecule has 0 amide bonds. The van der Waals surface area contributed by atoms with Crippen molar-refractivity contribution >= 4 is 27.5 Å². The fourth-order valence-electron chi connectivity index (χ4n) is 1.94. The van der Waals surface area contributed by atoms with Gasteiger partial charge in [-0.15, -0.1) is 0 Å². The van der Waals surface area contributed by atoms with E-state index in [4.69, 9.17) is 16.3 Å². The highest BCUT2D eigenvalue weighted by molar-refractivity contribution is 9.10. The zero-order valence-corrected chi connectivity index (χ0v) is 14.9. The van der Waals surface area contributed by atoms with Gasteiger partial charge in [0.05, 0.1) is 0 Å². The Morgan fingerprint density at radius 3 is 2.62 bits per heavy atom. The molecule has 0 saturated heterocycles. The highest BCUT2D eigenvalue weighted by Gasteiger charge is 2.14. The molecule has 0 aliphatic rings. The predicted molar refractivity (Wildman–Crippen MR) is 89.5 cm³/mol. The molecule has 1 aromatic heterocycles. The van der Waals surface area contributed by atoms with Gasteiger partial charge in [0.15, 0.2) is 0 Å². The van der Waals surface area contributed by atoms with E-state index >= 15 is 0 Å². The van der Waals surface area contributed by atoms with E-state index in [1.54, 1.807) is 0 Å². The van der Waals surface area contributed by atoms with Crippen LogP contribution in [0.4, 0.5) is 0 Å². The number of aryl methyl sites for hydroxylation is 1. The summed E-state index contributed by atoms with van der Waals surface area (Å²) in [7, 11) is 0. The highest BCUT2D eigenvalue weighted by atomic mass is 79.9. The van der Waals surface area contributed by atoms with Crippen LogP contribution in [-0.2, 0) is 6.42 Å². The summed E-state index contributed by atoms with van der Waals surface area (Å²) in [5.74, 6) is 2.36. The lowest BCUT2D eigenvalue weighted by molar-refractivity contribution is 0.446. The molecule has 2 aromatic rings. The Balaban J connectivity index is 2.45. The first-order valence-corrected chi connectivity index (χ1v) is 8.09. The fourth-order valence-corrected chi connectivity index (χ4v) is 2.49. The van der Waals surface area contributed by atoms with Crippen molar-refractivity contribution in [2.75, 3.05) is 0 Å². The van der Waals surface area contributed by atoms with Crippen molar-refractivity contribution in [3.63, 3.8) is 0 Å². The van der Waals surface area contributed by atoms with Crippen molar-refractivity contribution in [3.8, 4) is 11.6 Å². The van der Waals surface area contributed by atoms with Gasteiger partial charge in [-0.2, -0.15) is 4.98 Å². The number of hydrogen-bond acceptors (Lipinski definition) is 3. The van der Waals surface area contributed by atoms with Crippen molar-refractivity contribution in [2.24, 2.45) is 0 Å². The summed E-state index contributed by atoms with van der Waals surface area (Å²) in [4.78, 5) is 8.67. The normalized spacial score (nSPS) is 11.0. The Labute approximate surface area is 138 Å². The quantitative estimate of drug-likeness (QED) is 0.650. The summed E-state index contributed by atoms with van der Waals surface area (Å²) in [6.07, 6.45) is 0.716. The van der Waals surface area contributed by atoms with Crippen molar-refractivity contribution in [2.45, 2.75) is 40.0 Å². The third-order valence-electron chi connectivity index (χ3n) is 3.20. The lowest BCUT2D eigenvalue weighted by Gasteiger charge is -2.15. The van der Waals surface area contributed by atoms with Gasteiger partial charge < -0.3 is 4.74 Å². The van der Waals surface area contributed by atoms with Gasteiger partial charge in [0.1, 0.15) is 16.7 Å².